The highest BCUT2D eigenvalue weighted by Crippen LogP contribution is 2.25. The van der Waals surface area contributed by atoms with Gasteiger partial charge in [-0.15, -0.1) is 0 Å². The molecule has 0 aromatic rings. The fourth-order valence-electron chi connectivity index (χ4n) is 1.93. The Morgan fingerprint density at radius 1 is 1.20 bits per heavy atom. The van der Waals surface area contributed by atoms with Gasteiger partial charge in [-0.3, -0.25) is 9.59 Å². The molecule has 0 spiro atoms. The average molecular weight is 296 g/mol. The lowest BCUT2D eigenvalue weighted by atomic mass is 9.90. The molecule has 0 saturated carbocycles. The van der Waals surface area contributed by atoms with Crippen molar-refractivity contribution in [3.05, 3.63) is 0 Å². The summed E-state index contributed by atoms with van der Waals surface area (Å²) in [5.41, 5.74) is -2.19. The van der Waals surface area contributed by atoms with Gasteiger partial charge in [0.1, 0.15) is 17.7 Å². The largest absolute Gasteiger partial charge is 0.411 e. The predicted octanol–water partition coefficient (Wildman–Crippen LogP) is 1.08. The van der Waals surface area contributed by atoms with E-state index in [0.717, 1.165) is 0 Å². The van der Waals surface area contributed by atoms with Gasteiger partial charge in [-0.2, -0.15) is 13.2 Å². The zero-order chi connectivity index (χ0) is 15.8. The van der Waals surface area contributed by atoms with Gasteiger partial charge in [0.05, 0.1) is 6.61 Å². The Morgan fingerprint density at radius 3 is 2.25 bits per heavy atom. The first kappa shape index (κ1) is 16.7. The van der Waals surface area contributed by atoms with E-state index in [0.29, 0.717) is 0 Å². The van der Waals surface area contributed by atoms with Crippen molar-refractivity contribution >= 4 is 11.8 Å². The first-order chi connectivity index (χ1) is 8.88. The number of ether oxygens (including phenoxy) is 1. The predicted molar refractivity (Wildman–Crippen MR) is 64.9 cm³/mol. The number of amides is 2. The molecule has 0 aliphatic carbocycles. The van der Waals surface area contributed by atoms with E-state index >= 15 is 0 Å². The molecule has 5 nitrogen and oxygen atoms in total. The highest BCUT2D eigenvalue weighted by molar-refractivity contribution is 6.01. The van der Waals surface area contributed by atoms with Crippen LogP contribution in [-0.4, -0.2) is 53.7 Å². The minimum atomic E-state index is -4.40. The van der Waals surface area contributed by atoms with Crippen molar-refractivity contribution in [3.8, 4) is 0 Å². The molecule has 1 fully saturated rings. The first-order valence-corrected chi connectivity index (χ1v) is 6.17. The number of rotatable bonds is 4. The minimum absolute atomic E-state index is 0.0707. The molecule has 2 amide bonds. The standard InChI is InChI=1S/C12H19F3N2O3/c1-10(2)9(19)17(11(3,4)8(18)16-10)5-6-20-7-12(13,14)15/h5-7H2,1-4H3,(H,16,18). The summed E-state index contributed by atoms with van der Waals surface area (Å²) in [7, 11) is 0. The van der Waals surface area contributed by atoms with Gasteiger partial charge in [-0.05, 0) is 27.7 Å². The first-order valence-electron chi connectivity index (χ1n) is 6.17. The van der Waals surface area contributed by atoms with Crippen molar-refractivity contribution in [2.75, 3.05) is 19.8 Å². The summed E-state index contributed by atoms with van der Waals surface area (Å²) in [6.45, 7) is 4.46. The maximum Gasteiger partial charge on any atom is 0.411 e. The second-order valence-corrected chi connectivity index (χ2v) is 5.76. The van der Waals surface area contributed by atoms with Gasteiger partial charge in [-0.1, -0.05) is 0 Å². The molecule has 1 N–H and O–H groups in total. The van der Waals surface area contributed by atoms with Crippen LogP contribution in [0.3, 0.4) is 0 Å². The molecular formula is C12H19F3N2O3. The smallest absolute Gasteiger partial charge is 0.370 e. The number of halogens is 3. The second-order valence-electron chi connectivity index (χ2n) is 5.76. The highest BCUT2D eigenvalue weighted by Gasteiger charge is 2.49. The minimum Gasteiger partial charge on any atom is -0.370 e. The summed E-state index contributed by atoms with van der Waals surface area (Å²) in [5, 5.41) is 2.59. The van der Waals surface area contributed by atoms with Crippen LogP contribution in [0.5, 0.6) is 0 Å². The van der Waals surface area contributed by atoms with E-state index in [1.807, 2.05) is 0 Å². The molecular weight excluding hydrogens is 277 g/mol. The lowest BCUT2D eigenvalue weighted by Gasteiger charge is -2.47. The average Bonchev–Trinajstić information content (AvgIpc) is 2.24. The van der Waals surface area contributed by atoms with Gasteiger partial charge >= 0.3 is 6.18 Å². The molecule has 1 rings (SSSR count). The Bertz CT molecular complexity index is 405. The van der Waals surface area contributed by atoms with Crippen molar-refractivity contribution in [2.24, 2.45) is 0 Å². The van der Waals surface area contributed by atoms with Crippen LogP contribution in [0.1, 0.15) is 27.7 Å². The summed E-state index contributed by atoms with van der Waals surface area (Å²) < 4.78 is 40.4. The van der Waals surface area contributed by atoms with Crippen LogP contribution in [0.2, 0.25) is 0 Å². The topological polar surface area (TPSA) is 58.6 Å². The van der Waals surface area contributed by atoms with Crippen LogP contribution in [0.25, 0.3) is 0 Å². The number of alkyl halides is 3. The number of hydrogen-bond donors (Lipinski definition) is 1. The van der Waals surface area contributed by atoms with Crippen LogP contribution >= 0.6 is 0 Å². The van der Waals surface area contributed by atoms with E-state index < -0.39 is 23.9 Å². The number of carbonyl (C=O) groups is 2. The van der Waals surface area contributed by atoms with Crippen molar-refractivity contribution in [2.45, 2.75) is 44.9 Å². The summed E-state index contributed by atoms with van der Waals surface area (Å²) >= 11 is 0. The zero-order valence-corrected chi connectivity index (χ0v) is 11.9. The fraction of sp³-hybridized carbons (Fsp3) is 0.833. The molecule has 0 unspecified atom stereocenters. The maximum absolute atomic E-state index is 12.2. The number of nitrogens with one attached hydrogen (secondary N) is 1. The Balaban J connectivity index is 2.69. The lowest BCUT2D eigenvalue weighted by molar-refractivity contribution is -0.178. The normalized spacial score (nSPS) is 21.9. The second kappa shape index (κ2) is 5.23. The Hall–Kier alpha value is -1.31. The molecule has 0 atom stereocenters. The lowest BCUT2D eigenvalue weighted by Crippen LogP contribution is -2.72. The molecule has 1 heterocycles. The highest BCUT2D eigenvalue weighted by atomic mass is 19.4. The SMILES string of the molecule is CC1(C)NC(=O)C(C)(C)N(CCOCC(F)(F)F)C1=O. The van der Waals surface area contributed by atoms with E-state index in [4.69, 9.17) is 0 Å². The molecule has 0 aromatic heterocycles. The van der Waals surface area contributed by atoms with E-state index in [9.17, 15) is 22.8 Å². The van der Waals surface area contributed by atoms with Gasteiger partial charge in [0.25, 0.3) is 0 Å². The third kappa shape index (κ3) is 3.62. The zero-order valence-electron chi connectivity index (χ0n) is 11.9. The summed E-state index contributed by atoms with van der Waals surface area (Å²) in [5.74, 6) is -0.698. The molecule has 1 aliphatic heterocycles. The van der Waals surface area contributed by atoms with Crippen molar-refractivity contribution < 1.29 is 27.5 Å². The van der Waals surface area contributed by atoms with E-state index in [-0.39, 0.29) is 25.0 Å². The molecule has 0 radical (unpaired) electrons. The monoisotopic (exact) mass is 296 g/mol. The Morgan fingerprint density at radius 2 is 1.75 bits per heavy atom. The van der Waals surface area contributed by atoms with Gasteiger partial charge in [0.15, 0.2) is 0 Å². The Kier molecular flexibility index (Phi) is 4.38. The Labute approximate surface area is 115 Å². The summed E-state index contributed by atoms with van der Waals surface area (Å²) in [6, 6.07) is 0. The molecule has 1 aliphatic rings. The van der Waals surface area contributed by atoms with E-state index in [1.54, 1.807) is 27.7 Å². The summed E-state index contributed by atoms with van der Waals surface area (Å²) in [6.07, 6.45) is -4.40. The van der Waals surface area contributed by atoms with Gasteiger partial charge in [-0.25, -0.2) is 0 Å². The van der Waals surface area contributed by atoms with Crippen molar-refractivity contribution in [3.63, 3.8) is 0 Å². The molecule has 8 heteroatoms. The molecule has 0 aromatic carbocycles. The van der Waals surface area contributed by atoms with E-state index in [1.165, 1.54) is 4.90 Å². The van der Waals surface area contributed by atoms with Crippen LogP contribution in [0, 0.1) is 0 Å². The number of piperazine rings is 1. The van der Waals surface area contributed by atoms with E-state index in [2.05, 4.69) is 10.1 Å². The quantitative estimate of drug-likeness (QED) is 0.790. The third-order valence-electron chi connectivity index (χ3n) is 3.16. The van der Waals surface area contributed by atoms with Gasteiger partial charge < -0.3 is 15.0 Å². The number of carbonyl (C=O) groups excluding carboxylic acids is 2. The number of nitrogens with zero attached hydrogens (tertiary/aromatic N) is 1. The third-order valence-corrected chi connectivity index (χ3v) is 3.16. The van der Waals surface area contributed by atoms with Crippen LogP contribution in [-0.2, 0) is 14.3 Å². The van der Waals surface area contributed by atoms with Crippen LogP contribution < -0.4 is 5.32 Å². The van der Waals surface area contributed by atoms with Gasteiger partial charge in [0, 0.05) is 6.54 Å². The molecule has 20 heavy (non-hydrogen) atoms. The molecule has 116 valence electrons. The summed E-state index contributed by atoms with van der Waals surface area (Å²) in [4.78, 5) is 25.4. The van der Waals surface area contributed by atoms with Gasteiger partial charge in [0.2, 0.25) is 11.8 Å². The number of hydrogen-bond acceptors (Lipinski definition) is 3. The maximum atomic E-state index is 12.2. The van der Waals surface area contributed by atoms with Crippen LogP contribution in [0.15, 0.2) is 0 Å². The van der Waals surface area contributed by atoms with Crippen molar-refractivity contribution in [1.29, 1.82) is 0 Å². The van der Waals surface area contributed by atoms with Crippen LogP contribution in [0.4, 0.5) is 13.2 Å². The molecule has 1 saturated heterocycles. The van der Waals surface area contributed by atoms with Crippen molar-refractivity contribution in [1.82, 2.24) is 10.2 Å². The molecule has 0 bridgehead atoms. The fourth-order valence-corrected chi connectivity index (χ4v) is 1.93.